The van der Waals surface area contributed by atoms with Crippen LogP contribution >= 0.6 is 11.8 Å². The van der Waals surface area contributed by atoms with Crippen LogP contribution in [0.15, 0.2) is 52.3 Å². The van der Waals surface area contributed by atoms with Gasteiger partial charge in [-0.1, -0.05) is 30.0 Å². The number of allylic oxidation sites excluding steroid dienone is 4. The van der Waals surface area contributed by atoms with Gasteiger partial charge < -0.3 is 4.74 Å². The summed E-state index contributed by atoms with van der Waals surface area (Å²) in [4.78, 5) is 1.98. The van der Waals surface area contributed by atoms with Crippen molar-refractivity contribution in [3.8, 4) is 5.75 Å². The lowest BCUT2D eigenvalue weighted by Crippen LogP contribution is -2.40. The Balaban J connectivity index is 1.96. The summed E-state index contributed by atoms with van der Waals surface area (Å²) in [6.07, 6.45) is -3.00. The summed E-state index contributed by atoms with van der Waals surface area (Å²) >= 11 is 1.50. The van der Waals surface area contributed by atoms with Crippen LogP contribution in [0.3, 0.4) is 0 Å². The lowest BCUT2D eigenvalue weighted by Gasteiger charge is -2.23. The first kappa shape index (κ1) is 18.8. The number of thioether (sulfide) groups is 1. The molecule has 0 aromatic heterocycles. The number of alkyl halides is 6. The van der Waals surface area contributed by atoms with Gasteiger partial charge in [0.15, 0.2) is 5.92 Å². The van der Waals surface area contributed by atoms with Crippen molar-refractivity contribution < 1.29 is 31.1 Å². The van der Waals surface area contributed by atoms with E-state index < -0.39 is 24.9 Å². The molecule has 0 spiro atoms. The standard InChI is InChI=1S/C16H14F6OS/c17-15(18,19)14(16(20,21)22)10-23-11-6-8-13(9-7-11)24-12-4-2-1-3-5-12/h1-2,4,6-9,14H,3,5,10H2. The van der Waals surface area contributed by atoms with Crippen molar-refractivity contribution in [2.45, 2.75) is 30.1 Å². The normalized spacial score (nSPS) is 15.5. The fraction of sp³-hybridized carbons (Fsp3) is 0.375. The summed E-state index contributed by atoms with van der Waals surface area (Å²) in [5.74, 6) is -3.53. The van der Waals surface area contributed by atoms with Gasteiger partial charge in [0.2, 0.25) is 0 Å². The first-order valence-corrected chi connectivity index (χ1v) is 7.88. The summed E-state index contributed by atoms with van der Waals surface area (Å²) in [5.41, 5.74) is 0. The number of rotatable bonds is 5. The zero-order chi connectivity index (χ0) is 17.8. The minimum atomic E-state index is -5.39. The second-order valence-electron chi connectivity index (χ2n) is 5.12. The highest BCUT2D eigenvalue weighted by atomic mass is 32.2. The maximum atomic E-state index is 12.4. The van der Waals surface area contributed by atoms with E-state index in [1.165, 1.54) is 23.9 Å². The van der Waals surface area contributed by atoms with E-state index in [4.69, 9.17) is 4.74 Å². The third kappa shape index (κ3) is 5.51. The fourth-order valence-electron chi connectivity index (χ4n) is 1.97. The molecule has 0 saturated heterocycles. The van der Waals surface area contributed by atoms with Crippen molar-refractivity contribution >= 4 is 11.8 Å². The highest BCUT2D eigenvalue weighted by Gasteiger charge is 2.57. The van der Waals surface area contributed by atoms with Gasteiger partial charge in [-0.05, 0) is 42.0 Å². The minimum absolute atomic E-state index is 0.0321. The van der Waals surface area contributed by atoms with E-state index in [1.54, 1.807) is 12.1 Å². The summed E-state index contributed by atoms with van der Waals surface area (Å²) in [6.45, 7) is -1.49. The van der Waals surface area contributed by atoms with Crippen molar-refractivity contribution in [1.82, 2.24) is 0 Å². The van der Waals surface area contributed by atoms with Crippen molar-refractivity contribution in [3.05, 3.63) is 47.4 Å². The molecule has 24 heavy (non-hydrogen) atoms. The molecule has 0 bridgehead atoms. The van der Waals surface area contributed by atoms with Crippen LogP contribution < -0.4 is 4.74 Å². The SMILES string of the molecule is FC(F)(F)C(COc1ccc(SC2=CC=CCC2)cc1)C(F)(F)F. The molecule has 0 amide bonds. The number of hydrogen-bond donors (Lipinski definition) is 0. The van der Waals surface area contributed by atoms with Crippen LogP contribution in [-0.4, -0.2) is 19.0 Å². The Labute approximate surface area is 139 Å². The van der Waals surface area contributed by atoms with Gasteiger partial charge in [-0.3, -0.25) is 0 Å². The molecule has 8 heteroatoms. The van der Waals surface area contributed by atoms with Crippen LogP contribution in [0.4, 0.5) is 26.3 Å². The van der Waals surface area contributed by atoms with Crippen LogP contribution in [0.1, 0.15) is 12.8 Å². The van der Waals surface area contributed by atoms with Crippen molar-refractivity contribution in [2.24, 2.45) is 5.92 Å². The Morgan fingerprint density at radius 2 is 1.62 bits per heavy atom. The van der Waals surface area contributed by atoms with Crippen LogP contribution in [0.25, 0.3) is 0 Å². The Bertz CT molecular complexity index is 586. The Hall–Kier alpha value is -1.57. The van der Waals surface area contributed by atoms with E-state index in [0.29, 0.717) is 0 Å². The van der Waals surface area contributed by atoms with Crippen LogP contribution in [0.5, 0.6) is 5.75 Å². The Kier molecular flexibility index (Phi) is 5.90. The summed E-state index contributed by atoms with van der Waals surface area (Å²) in [6, 6.07) is 5.95. The van der Waals surface area contributed by atoms with E-state index >= 15 is 0 Å². The Morgan fingerprint density at radius 3 is 2.12 bits per heavy atom. The van der Waals surface area contributed by atoms with Gasteiger partial charge in [0.1, 0.15) is 12.4 Å². The zero-order valence-electron chi connectivity index (χ0n) is 12.3. The minimum Gasteiger partial charge on any atom is -0.493 e. The predicted octanol–water partition coefficient (Wildman–Crippen LogP) is 6.13. The molecule has 0 unspecified atom stereocenters. The van der Waals surface area contributed by atoms with Gasteiger partial charge >= 0.3 is 12.4 Å². The van der Waals surface area contributed by atoms with Crippen LogP contribution in [0.2, 0.25) is 0 Å². The second-order valence-corrected chi connectivity index (χ2v) is 6.32. The molecule has 1 aromatic carbocycles. The van der Waals surface area contributed by atoms with Gasteiger partial charge in [0, 0.05) is 4.90 Å². The van der Waals surface area contributed by atoms with E-state index in [0.717, 1.165) is 22.6 Å². The third-order valence-corrected chi connectivity index (χ3v) is 4.37. The summed E-state index contributed by atoms with van der Waals surface area (Å²) < 4.78 is 79.3. The second kappa shape index (κ2) is 7.55. The highest BCUT2D eigenvalue weighted by Crippen LogP contribution is 2.39. The topological polar surface area (TPSA) is 9.23 Å². The largest absolute Gasteiger partial charge is 0.493 e. The van der Waals surface area contributed by atoms with E-state index in [-0.39, 0.29) is 5.75 Å². The van der Waals surface area contributed by atoms with Gasteiger partial charge in [0.25, 0.3) is 0 Å². The molecule has 2 rings (SSSR count). The molecule has 0 atom stereocenters. The lowest BCUT2D eigenvalue weighted by atomic mass is 10.1. The zero-order valence-corrected chi connectivity index (χ0v) is 13.1. The first-order valence-electron chi connectivity index (χ1n) is 7.06. The monoisotopic (exact) mass is 368 g/mol. The van der Waals surface area contributed by atoms with Crippen molar-refractivity contribution in [1.29, 1.82) is 0 Å². The highest BCUT2D eigenvalue weighted by molar-refractivity contribution is 8.03. The number of halogens is 6. The molecule has 0 aliphatic heterocycles. The molecule has 0 fully saturated rings. The molecule has 0 heterocycles. The van der Waals surface area contributed by atoms with Gasteiger partial charge in [-0.2, -0.15) is 26.3 Å². The molecule has 132 valence electrons. The summed E-state index contributed by atoms with van der Waals surface area (Å²) in [7, 11) is 0. The maximum absolute atomic E-state index is 12.4. The molecule has 0 radical (unpaired) electrons. The molecular formula is C16H14F6OS. The maximum Gasteiger partial charge on any atom is 0.403 e. The van der Waals surface area contributed by atoms with Gasteiger partial charge in [-0.15, -0.1) is 0 Å². The molecule has 1 aliphatic carbocycles. The third-order valence-electron chi connectivity index (χ3n) is 3.26. The van der Waals surface area contributed by atoms with Gasteiger partial charge in [-0.25, -0.2) is 0 Å². The van der Waals surface area contributed by atoms with E-state index in [1.807, 2.05) is 18.2 Å². The van der Waals surface area contributed by atoms with Gasteiger partial charge in [0.05, 0.1) is 0 Å². The van der Waals surface area contributed by atoms with E-state index in [9.17, 15) is 26.3 Å². The smallest absolute Gasteiger partial charge is 0.403 e. The van der Waals surface area contributed by atoms with Crippen LogP contribution in [0, 0.1) is 5.92 Å². The quantitative estimate of drug-likeness (QED) is 0.578. The lowest BCUT2D eigenvalue weighted by molar-refractivity contribution is -0.289. The average Bonchev–Trinajstić information content (AvgIpc) is 2.47. The van der Waals surface area contributed by atoms with Crippen molar-refractivity contribution in [3.63, 3.8) is 0 Å². The molecule has 1 aliphatic rings. The summed E-state index contributed by atoms with van der Waals surface area (Å²) in [5, 5.41) is 0. The Morgan fingerprint density at radius 1 is 1.00 bits per heavy atom. The average molecular weight is 368 g/mol. The fourth-order valence-corrected chi connectivity index (χ4v) is 2.92. The van der Waals surface area contributed by atoms with Crippen LogP contribution in [-0.2, 0) is 0 Å². The molecular weight excluding hydrogens is 354 g/mol. The molecule has 1 nitrogen and oxygen atoms in total. The first-order chi connectivity index (χ1) is 11.2. The molecule has 0 N–H and O–H groups in total. The number of hydrogen-bond acceptors (Lipinski definition) is 2. The number of ether oxygens (including phenoxy) is 1. The van der Waals surface area contributed by atoms with Crippen molar-refractivity contribution in [2.75, 3.05) is 6.61 Å². The molecule has 1 aromatic rings. The van der Waals surface area contributed by atoms with E-state index in [2.05, 4.69) is 0 Å². The number of benzene rings is 1. The predicted molar refractivity (Wildman–Crippen MR) is 79.9 cm³/mol. The molecule has 0 saturated carbocycles.